The zero-order valence-corrected chi connectivity index (χ0v) is 21.7. The minimum Gasteiger partial charge on any atom is -0.489 e. The molecular weight excluding hydrogens is 534 g/mol. The highest BCUT2D eigenvalue weighted by molar-refractivity contribution is 14.0. The van der Waals surface area contributed by atoms with Gasteiger partial charge in [-0.05, 0) is 61.1 Å². The van der Waals surface area contributed by atoms with Crippen LogP contribution in [0, 0.1) is 11.7 Å². The van der Waals surface area contributed by atoms with E-state index in [4.69, 9.17) is 9.73 Å². The van der Waals surface area contributed by atoms with Crippen LogP contribution in [-0.4, -0.2) is 43.4 Å². The monoisotopic (exact) mass is 568 g/mol. The van der Waals surface area contributed by atoms with Gasteiger partial charge in [0.15, 0.2) is 5.96 Å². The van der Waals surface area contributed by atoms with Crippen molar-refractivity contribution in [3.63, 3.8) is 0 Å². The number of ether oxygens (including phenoxy) is 1. The molecule has 1 saturated heterocycles. The quantitative estimate of drug-likeness (QED) is 0.283. The molecule has 180 valence electrons. The normalized spacial score (nSPS) is 14.4. The van der Waals surface area contributed by atoms with E-state index in [-0.39, 0.29) is 35.7 Å². The molecule has 0 radical (unpaired) electrons. The molecule has 6 nitrogen and oxygen atoms in total. The van der Waals surface area contributed by atoms with Gasteiger partial charge < -0.3 is 20.3 Å². The van der Waals surface area contributed by atoms with E-state index in [0.29, 0.717) is 25.5 Å². The maximum Gasteiger partial charge on any atom is 0.220 e. The Kier molecular flexibility index (Phi) is 11.4. The molecule has 0 unspecified atom stereocenters. The highest BCUT2D eigenvalue weighted by Gasteiger charge is 2.23. The zero-order chi connectivity index (χ0) is 22.8. The van der Waals surface area contributed by atoms with Crippen molar-refractivity contribution in [2.45, 2.75) is 39.3 Å². The second kappa shape index (κ2) is 14.0. The van der Waals surface area contributed by atoms with Gasteiger partial charge >= 0.3 is 0 Å². The van der Waals surface area contributed by atoms with E-state index >= 15 is 0 Å². The van der Waals surface area contributed by atoms with Gasteiger partial charge in [-0.3, -0.25) is 4.79 Å². The number of halogens is 2. The van der Waals surface area contributed by atoms with Gasteiger partial charge in [0.1, 0.15) is 18.2 Å². The van der Waals surface area contributed by atoms with Crippen molar-refractivity contribution in [1.29, 1.82) is 0 Å². The van der Waals surface area contributed by atoms with Crippen molar-refractivity contribution in [1.82, 2.24) is 15.5 Å². The maximum absolute atomic E-state index is 13.3. The molecule has 0 saturated carbocycles. The number of benzene rings is 2. The first-order valence-corrected chi connectivity index (χ1v) is 11.3. The molecule has 3 rings (SSSR count). The first kappa shape index (κ1) is 26.9. The Morgan fingerprint density at radius 3 is 2.52 bits per heavy atom. The van der Waals surface area contributed by atoms with Crippen LogP contribution in [0.25, 0.3) is 0 Å². The van der Waals surface area contributed by atoms with Crippen LogP contribution in [0.15, 0.2) is 53.5 Å². The lowest BCUT2D eigenvalue weighted by atomic mass is 9.93. The van der Waals surface area contributed by atoms with Crippen LogP contribution in [0.5, 0.6) is 5.75 Å². The van der Waals surface area contributed by atoms with Crippen LogP contribution in [0.4, 0.5) is 4.39 Å². The highest BCUT2D eigenvalue weighted by Crippen LogP contribution is 2.21. The van der Waals surface area contributed by atoms with E-state index in [0.717, 1.165) is 55.3 Å². The fourth-order valence-electron chi connectivity index (χ4n) is 3.79. The van der Waals surface area contributed by atoms with E-state index < -0.39 is 0 Å². The molecule has 0 aliphatic carbocycles. The van der Waals surface area contributed by atoms with Gasteiger partial charge in [0.2, 0.25) is 5.91 Å². The summed E-state index contributed by atoms with van der Waals surface area (Å²) in [7, 11) is 1.69. The Labute approximate surface area is 213 Å². The third-order valence-electron chi connectivity index (χ3n) is 5.63. The van der Waals surface area contributed by atoms with Gasteiger partial charge in [-0.25, -0.2) is 9.38 Å². The summed E-state index contributed by atoms with van der Waals surface area (Å²) >= 11 is 0. The number of hydrogen-bond acceptors (Lipinski definition) is 3. The van der Waals surface area contributed by atoms with Gasteiger partial charge in [0, 0.05) is 33.1 Å². The molecule has 33 heavy (non-hydrogen) atoms. The van der Waals surface area contributed by atoms with Gasteiger partial charge in [-0.2, -0.15) is 0 Å². The number of carbonyl (C=O) groups excluding carboxylic acids is 1. The predicted octanol–water partition coefficient (Wildman–Crippen LogP) is 4.34. The van der Waals surface area contributed by atoms with E-state index in [9.17, 15) is 9.18 Å². The molecule has 1 heterocycles. The lowest BCUT2D eigenvalue weighted by Gasteiger charge is -2.34. The van der Waals surface area contributed by atoms with Crippen LogP contribution in [-0.2, 0) is 17.9 Å². The van der Waals surface area contributed by atoms with Crippen LogP contribution in [0.2, 0.25) is 0 Å². The molecule has 0 spiro atoms. The summed E-state index contributed by atoms with van der Waals surface area (Å²) < 4.78 is 19.0. The number of rotatable bonds is 8. The lowest BCUT2D eigenvalue weighted by molar-refractivity contribution is -0.121. The standard InChI is InChI=1S/C25H33FN4O2.HI/c1-3-28-25(30-13-11-19(12-14-30)16-24(31)27-2)29-17-20-7-9-23(10-8-20)32-18-21-5-4-6-22(26)15-21;/h4-10,15,19H,3,11-14,16-18H2,1-2H3,(H,27,31)(H,28,29);1H. The van der Waals surface area contributed by atoms with Crippen molar-refractivity contribution < 1.29 is 13.9 Å². The lowest BCUT2D eigenvalue weighted by Crippen LogP contribution is -2.46. The Bertz CT molecular complexity index is 900. The summed E-state index contributed by atoms with van der Waals surface area (Å²) in [6.07, 6.45) is 2.59. The summed E-state index contributed by atoms with van der Waals surface area (Å²) in [4.78, 5) is 18.7. The van der Waals surface area contributed by atoms with E-state index in [1.165, 1.54) is 12.1 Å². The topological polar surface area (TPSA) is 66.0 Å². The molecule has 2 N–H and O–H groups in total. The van der Waals surface area contributed by atoms with Crippen LogP contribution in [0.1, 0.15) is 37.3 Å². The molecule has 2 aromatic carbocycles. The Morgan fingerprint density at radius 2 is 1.88 bits per heavy atom. The first-order valence-electron chi connectivity index (χ1n) is 11.3. The third-order valence-corrected chi connectivity index (χ3v) is 5.63. The number of amides is 1. The minimum atomic E-state index is -0.258. The number of likely N-dealkylation sites (tertiary alicyclic amines) is 1. The number of carbonyl (C=O) groups is 1. The molecule has 1 fully saturated rings. The van der Waals surface area contributed by atoms with Gasteiger partial charge in [0.05, 0.1) is 6.54 Å². The smallest absolute Gasteiger partial charge is 0.220 e. The highest BCUT2D eigenvalue weighted by atomic mass is 127. The number of piperidine rings is 1. The minimum absolute atomic E-state index is 0. The first-order chi connectivity index (χ1) is 15.6. The summed E-state index contributed by atoms with van der Waals surface area (Å²) in [5, 5.41) is 6.10. The second-order valence-electron chi connectivity index (χ2n) is 8.04. The van der Waals surface area contributed by atoms with Gasteiger partial charge in [-0.1, -0.05) is 24.3 Å². The summed E-state index contributed by atoms with van der Waals surface area (Å²) in [6.45, 7) is 5.59. The molecular formula is C25H34FIN4O2. The van der Waals surface area contributed by atoms with Crippen LogP contribution < -0.4 is 15.4 Å². The SMILES string of the molecule is CCNC(=NCc1ccc(OCc2cccc(F)c2)cc1)N1CCC(CC(=O)NC)CC1.I. The molecule has 0 atom stereocenters. The predicted molar refractivity (Wildman–Crippen MR) is 140 cm³/mol. The van der Waals surface area contributed by atoms with E-state index in [2.05, 4.69) is 22.5 Å². The summed E-state index contributed by atoms with van der Waals surface area (Å²) in [5.41, 5.74) is 1.89. The molecule has 0 bridgehead atoms. The molecule has 1 aliphatic heterocycles. The third kappa shape index (κ3) is 8.83. The average Bonchev–Trinajstić information content (AvgIpc) is 2.81. The molecule has 1 aliphatic rings. The molecule has 0 aromatic heterocycles. The Morgan fingerprint density at radius 1 is 1.15 bits per heavy atom. The number of nitrogens with zero attached hydrogens (tertiary/aromatic N) is 2. The van der Waals surface area contributed by atoms with Crippen molar-refractivity contribution in [3.8, 4) is 5.75 Å². The maximum atomic E-state index is 13.3. The van der Waals surface area contributed by atoms with E-state index in [1.807, 2.05) is 30.3 Å². The van der Waals surface area contributed by atoms with E-state index in [1.54, 1.807) is 13.1 Å². The van der Waals surface area contributed by atoms with Crippen molar-refractivity contribution >= 4 is 35.8 Å². The van der Waals surface area contributed by atoms with Crippen molar-refractivity contribution in [2.24, 2.45) is 10.9 Å². The fourth-order valence-corrected chi connectivity index (χ4v) is 3.79. The summed E-state index contributed by atoms with van der Waals surface area (Å²) in [5.74, 6) is 1.96. The summed E-state index contributed by atoms with van der Waals surface area (Å²) in [6, 6.07) is 14.3. The molecule has 8 heteroatoms. The van der Waals surface area contributed by atoms with Gasteiger partial charge in [-0.15, -0.1) is 24.0 Å². The van der Waals surface area contributed by atoms with Gasteiger partial charge in [0.25, 0.3) is 0 Å². The Balaban J connectivity index is 0.00000385. The zero-order valence-electron chi connectivity index (χ0n) is 19.4. The number of hydrogen-bond donors (Lipinski definition) is 2. The average molecular weight is 568 g/mol. The Hall–Kier alpha value is -2.36. The number of nitrogens with one attached hydrogen (secondary N) is 2. The van der Waals surface area contributed by atoms with Crippen LogP contribution in [0.3, 0.4) is 0 Å². The number of guanidine groups is 1. The number of aliphatic imine (C=N–C) groups is 1. The second-order valence-corrected chi connectivity index (χ2v) is 8.04. The van der Waals surface area contributed by atoms with Crippen LogP contribution >= 0.6 is 24.0 Å². The largest absolute Gasteiger partial charge is 0.489 e. The fraction of sp³-hybridized carbons (Fsp3) is 0.440. The molecule has 2 aromatic rings. The van der Waals surface area contributed by atoms with Crippen molar-refractivity contribution in [3.05, 3.63) is 65.5 Å². The van der Waals surface area contributed by atoms with Crippen molar-refractivity contribution in [2.75, 3.05) is 26.7 Å². The molecule has 1 amide bonds.